The van der Waals surface area contributed by atoms with E-state index in [2.05, 4.69) is 59.4 Å². The van der Waals surface area contributed by atoms with Crippen molar-refractivity contribution < 1.29 is 0 Å². The van der Waals surface area contributed by atoms with Crippen molar-refractivity contribution in [2.24, 2.45) is 0 Å². The number of hydrogen-bond donors (Lipinski definition) is 1. The Morgan fingerprint density at radius 1 is 1.16 bits per heavy atom. The molecule has 2 rings (SSSR count). The second kappa shape index (κ2) is 5.90. The van der Waals surface area contributed by atoms with Crippen molar-refractivity contribution in [1.82, 2.24) is 0 Å². The average molecular weight is 315 g/mol. The van der Waals surface area contributed by atoms with Crippen molar-refractivity contribution in [2.45, 2.75) is 19.9 Å². The highest BCUT2D eigenvalue weighted by molar-refractivity contribution is 9.10. The number of nitrogens with one attached hydrogen (secondary N) is 1. The van der Waals surface area contributed by atoms with Gasteiger partial charge in [0, 0.05) is 16.2 Å². The molecule has 2 nitrogen and oxygen atoms in total. The van der Waals surface area contributed by atoms with Gasteiger partial charge in [-0.05, 0) is 55.3 Å². The van der Waals surface area contributed by atoms with Gasteiger partial charge in [0.15, 0.2) is 0 Å². The first kappa shape index (κ1) is 13.6. The van der Waals surface area contributed by atoms with Crippen LogP contribution in [0.5, 0.6) is 0 Å². The molecule has 3 heteroatoms. The van der Waals surface area contributed by atoms with Crippen LogP contribution < -0.4 is 5.32 Å². The minimum absolute atomic E-state index is 0.196. The Balaban J connectivity index is 2.15. The zero-order chi connectivity index (χ0) is 13.8. The molecule has 19 heavy (non-hydrogen) atoms. The van der Waals surface area contributed by atoms with E-state index < -0.39 is 0 Å². The fourth-order valence-electron chi connectivity index (χ4n) is 2.00. The third-order valence-electron chi connectivity index (χ3n) is 2.97. The molecule has 2 aromatic carbocycles. The lowest BCUT2D eigenvalue weighted by Gasteiger charge is -2.16. The lowest BCUT2D eigenvalue weighted by atomic mass is 10.1. The lowest BCUT2D eigenvalue weighted by molar-refractivity contribution is 0.884. The minimum Gasteiger partial charge on any atom is -0.378 e. The molecule has 96 valence electrons. The molecular formula is C16H15BrN2. The van der Waals surface area contributed by atoms with E-state index in [1.54, 1.807) is 0 Å². The molecular weight excluding hydrogens is 300 g/mol. The van der Waals surface area contributed by atoms with Crippen LogP contribution in [-0.2, 0) is 0 Å². The van der Waals surface area contributed by atoms with Crippen LogP contribution >= 0.6 is 15.9 Å². The van der Waals surface area contributed by atoms with Gasteiger partial charge in [-0.15, -0.1) is 0 Å². The van der Waals surface area contributed by atoms with E-state index in [-0.39, 0.29) is 6.04 Å². The Bertz CT molecular complexity index is 591. The Kier molecular flexibility index (Phi) is 4.24. The molecule has 1 unspecified atom stereocenters. The van der Waals surface area contributed by atoms with E-state index in [4.69, 9.17) is 5.26 Å². The SMILES string of the molecule is Cc1cc(Br)cc(NC(C)c2ccc(C#N)cc2)c1. The molecule has 0 aliphatic carbocycles. The van der Waals surface area contributed by atoms with Crippen LogP contribution in [0.15, 0.2) is 46.9 Å². The average Bonchev–Trinajstić information content (AvgIpc) is 2.37. The number of hydrogen-bond acceptors (Lipinski definition) is 2. The Hall–Kier alpha value is -1.79. The second-order valence-corrected chi connectivity index (χ2v) is 5.53. The Morgan fingerprint density at radius 2 is 1.84 bits per heavy atom. The number of anilines is 1. The van der Waals surface area contributed by atoms with Gasteiger partial charge in [0.1, 0.15) is 0 Å². The van der Waals surface area contributed by atoms with E-state index in [9.17, 15) is 0 Å². The standard InChI is InChI=1S/C16H15BrN2/c1-11-7-15(17)9-16(8-11)19-12(2)14-5-3-13(10-18)4-6-14/h3-9,12,19H,1-2H3. The van der Waals surface area contributed by atoms with Gasteiger partial charge in [-0.3, -0.25) is 0 Å². The van der Waals surface area contributed by atoms with Gasteiger partial charge >= 0.3 is 0 Å². The van der Waals surface area contributed by atoms with E-state index in [1.165, 1.54) is 5.56 Å². The molecule has 0 aliphatic rings. The molecule has 0 amide bonds. The van der Waals surface area contributed by atoms with Gasteiger partial charge in [-0.2, -0.15) is 5.26 Å². The van der Waals surface area contributed by atoms with Crippen LogP contribution in [0.1, 0.15) is 29.7 Å². The van der Waals surface area contributed by atoms with Crippen molar-refractivity contribution in [3.63, 3.8) is 0 Å². The van der Waals surface area contributed by atoms with Crippen molar-refractivity contribution >= 4 is 21.6 Å². The molecule has 0 bridgehead atoms. The predicted octanol–water partition coefficient (Wildman–Crippen LogP) is 4.80. The molecule has 0 radical (unpaired) electrons. The maximum atomic E-state index is 8.79. The predicted molar refractivity (Wildman–Crippen MR) is 82.1 cm³/mol. The summed E-state index contributed by atoms with van der Waals surface area (Å²) in [5, 5.41) is 12.3. The number of aryl methyl sites for hydroxylation is 1. The third-order valence-corrected chi connectivity index (χ3v) is 3.42. The van der Waals surface area contributed by atoms with E-state index in [1.807, 2.05) is 24.3 Å². The number of rotatable bonds is 3. The fraction of sp³-hybridized carbons (Fsp3) is 0.188. The topological polar surface area (TPSA) is 35.8 Å². The second-order valence-electron chi connectivity index (χ2n) is 4.62. The third kappa shape index (κ3) is 3.59. The fourth-order valence-corrected chi connectivity index (χ4v) is 2.61. The van der Waals surface area contributed by atoms with Crippen molar-refractivity contribution in [3.8, 4) is 6.07 Å². The van der Waals surface area contributed by atoms with Crippen molar-refractivity contribution in [2.75, 3.05) is 5.32 Å². The lowest BCUT2D eigenvalue weighted by Crippen LogP contribution is -2.06. The van der Waals surface area contributed by atoms with Crippen LogP contribution in [0.25, 0.3) is 0 Å². The highest BCUT2D eigenvalue weighted by Gasteiger charge is 2.06. The quantitative estimate of drug-likeness (QED) is 0.883. The smallest absolute Gasteiger partial charge is 0.0991 e. The normalized spacial score (nSPS) is 11.7. The van der Waals surface area contributed by atoms with Crippen LogP contribution in [-0.4, -0.2) is 0 Å². The van der Waals surface area contributed by atoms with E-state index in [0.717, 1.165) is 15.7 Å². The minimum atomic E-state index is 0.196. The molecule has 0 heterocycles. The maximum Gasteiger partial charge on any atom is 0.0991 e. The monoisotopic (exact) mass is 314 g/mol. The highest BCUT2D eigenvalue weighted by Crippen LogP contribution is 2.24. The maximum absolute atomic E-state index is 8.79. The van der Waals surface area contributed by atoms with Gasteiger partial charge < -0.3 is 5.32 Å². The Labute approximate surface area is 122 Å². The number of nitrogens with zero attached hydrogens (tertiary/aromatic N) is 1. The summed E-state index contributed by atoms with van der Waals surface area (Å²) in [4.78, 5) is 0. The van der Waals surface area contributed by atoms with Crippen LogP contribution in [0.4, 0.5) is 5.69 Å². The van der Waals surface area contributed by atoms with Crippen molar-refractivity contribution in [3.05, 3.63) is 63.6 Å². The summed E-state index contributed by atoms with van der Waals surface area (Å²) in [5.74, 6) is 0. The summed E-state index contributed by atoms with van der Waals surface area (Å²) >= 11 is 3.50. The zero-order valence-electron chi connectivity index (χ0n) is 10.9. The van der Waals surface area contributed by atoms with Crippen LogP contribution in [0.3, 0.4) is 0 Å². The number of halogens is 1. The van der Waals surface area contributed by atoms with Gasteiger partial charge in [0.2, 0.25) is 0 Å². The largest absolute Gasteiger partial charge is 0.378 e. The first-order valence-electron chi connectivity index (χ1n) is 6.12. The molecule has 2 aromatic rings. The summed E-state index contributed by atoms with van der Waals surface area (Å²) in [5.41, 5.74) is 4.15. The molecule has 1 atom stereocenters. The summed E-state index contributed by atoms with van der Waals surface area (Å²) in [7, 11) is 0. The van der Waals surface area contributed by atoms with Crippen molar-refractivity contribution in [1.29, 1.82) is 5.26 Å². The van der Waals surface area contributed by atoms with Gasteiger partial charge in [-0.1, -0.05) is 28.1 Å². The van der Waals surface area contributed by atoms with Crippen LogP contribution in [0, 0.1) is 18.3 Å². The highest BCUT2D eigenvalue weighted by atomic mass is 79.9. The summed E-state index contributed by atoms with van der Waals surface area (Å²) in [6, 6.07) is 16.3. The van der Waals surface area contributed by atoms with Gasteiger partial charge in [0.25, 0.3) is 0 Å². The first-order valence-corrected chi connectivity index (χ1v) is 6.91. The van der Waals surface area contributed by atoms with Gasteiger partial charge in [-0.25, -0.2) is 0 Å². The Morgan fingerprint density at radius 3 is 2.42 bits per heavy atom. The zero-order valence-corrected chi connectivity index (χ0v) is 12.5. The van der Waals surface area contributed by atoms with Crippen LogP contribution in [0.2, 0.25) is 0 Å². The summed E-state index contributed by atoms with van der Waals surface area (Å²) < 4.78 is 1.07. The van der Waals surface area contributed by atoms with E-state index in [0.29, 0.717) is 5.56 Å². The number of benzene rings is 2. The molecule has 0 spiro atoms. The van der Waals surface area contributed by atoms with Gasteiger partial charge in [0.05, 0.1) is 11.6 Å². The molecule has 1 N–H and O–H groups in total. The molecule has 0 fully saturated rings. The van der Waals surface area contributed by atoms with E-state index >= 15 is 0 Å². The molecule has 0 aliphatic heterocycles. The number of nitriles is 1. The summed E-state index contributed by atoms with van der Waals surface area (Å²) in [6.45, 7) is 4.18. The molecule has 0 saturated carbocycles. The summed E-state index contributed by atoms with van der Waals surface area (Å²) in [6.07, 6.45) is 0. The first-order chi connectivity index (χ1) is 9.08. The molecule has 0 aromatic heterocycles. The molecule has 0 saturated heterocycles.